The van der Waals surface area contributed by atoms with Gasteiger partial charge < -0.3 is 4.74 Å². The minimum Gasteiger partial charge on any atom is -0.383 e. The number of hydrogen-bond donors (Lipinski definition) is 1. The van der Waals surface area contributed by atoms with Crippen LogP contribution in [-0.2, 0) is 21.4 Å². The molecule has 150 valence electrons. The third-order valence-corrected chi connectivity index (χ3v) is 3.87. The SMILES string of the molecule is COCCn1cc(-c2ccc3c(C#N)cnn3c2)nn1.O=S(=O)(O)C(F)(F)F. The Morgan fingerprint density at radius 3 is 2.57 bits per heavy atom. The van der Waals surface area contributed by atoms with Crippen molar-refractivity contribution in [3.8, 4) is 17.3 Å². The molecule has 0 aromatic carbocycles. The first kappa shape index (κ1) is 21.3. The fraction of sp³-hybridized carbons (Fsp3) is 0.286. The maximum Gasteiger partial charge on any atom is 0.522 e. The van der Waals surface area contributed by atoms with E-state index in [0.29, 0.717) is 18.7 Å². The van der Waals surface area contributed by atoms with E-state index in [-0.39, 0.29) is 0 Å². The molecule has 3 aromatic heterocycles. The van der Waals surface area contributed by atoms with Crippen LogP contribution >= 0.6 is 0 Å². The second kappa shape index (κ2) is 8.33. The Balaban J connectivity index is 0.000000300. The van der Waals surface area contributed by atoms with Gasteiger partial charge in [-0.1, -0.05) is 5.21 Å². The molecule has 1 N–H and O–H groups in total. The second-order valence-corrected chi connectivity index (χ2v) is 6.61. The molecule has 0 aliphatic heterocycles. The molecule has 0 spiro atoms. The molecule has 14 heteroatoms. The Kier molecular flexibility index (Phi) is 6.33. The van der Waals surface area contributed by atoms with Gasteiger partial charge in [-0.25, -0.2) is 9.20 Å². The molecule has 0 radical (unpaired) electrons. The Morgan fingerprint density at radius 1 is 1.32 bits per heavy atom. The first-order chi connectivity index (χ1) is 13.1. The van der Waals surface area contributed by atoms with Crippen molar-refractivity contribution in [1.82, 2.24) is 24.6 Å². The number of nitriles is 1. The highest BCUT2D eigenvalue weighted by atomic mass is 32.2. The van der Waals surface area contributed by atoms with Crippen molar-refractivity contribution >= 4 is 15.6 Å². The fourth-order valence-corrected chi connectivity index (χ4v) is 1.95. The van der Waals surface area contributed by atoms with Crippen LogP contribution in [0, 0.1) is 11.3 Å². The van der Waals surface area contributed by atoms with Crippen molar-refractivity contribution in [1.29, 1.82) is 5.26 Å². The van der Waals surface area contributed by atoms with Crippen LogP contribution in [0.2, 0.25) is 0 Å². The van der Waals surface area contributed by atoms with E-state index in [1.165, 1.54) is 0 Å². The molecule has 0 amide bonds. The molecule has 3 rings (SSSR count). The van der Waals surface area contributed by atoms with Crippen LogP contribution in [0.5, 0.6) is 0 Å². The maximum atomic E-state index is 10.7. The van der Waals surface area contributed by atoms with Crippen LogP contribution in [0.3, 0.4) is 0 Å². The molecule has 3 heterocycles. The van der Waals surface area contributed by atoms with E-state index >= 15 is 0 Å². The van der Waals surface area contributed by atoms with Gasteiger partial charge in [0.1, 0.15) is 11.8 Å². The molecule has 0 unspecified atom stereocenters. The van der Waals surface area contributed by atoms with Crippen molar-refractivity contribution in [3.05, 3.63) is 36.3 Å². The summed E-state index contributed by atoms with van der Waals surface area (Å²) in [7, 11) is -4.19. The van der Waals surface area contributed by atoms with E-state index in [4.69, 9.17) is 23.0 Å². The van der Waals surface area contributed by atoms with Gasteiger partial charge in [0, 0.05) is 18.9 Å². The van der Waals surface area contributed by atoms with Gasteiger partial charge in [-0.15, -0.1) is 5.10 Å². The third kappa shape index (κ3) is 5.03. The number of halogens is 3. The molecule has 0 bridgehead atoms. The van der Waals surface area contributed by atoms with Gasteiger partial charge in [0.05, 0.1) is 36.6 Å². The van der Waals surface area contributed by atoms with Crippen molar-refractivity contribution in [2.45, 2.75) is 12.1 Å². The lowest BCUT2D eigenvalue weighted by Gasteiger charge is -1.98. The van der Waals surface area contributed by atoms with Gasteiger partial charge in [-0.05, 0) is 12.1 Å². The largest absolute Gasteiger partial charge is 0.522 e. The minimum absolute atomic E-state index is 0.556. The normalized spacial score (nSPS) is 11.7. The van der Waals surface area contributed by atoms with E-state index < -0.39 is 15.6 Å². The summed E-state index contributed by atoms with van der Waals surface area (Å²) < 4.78 is 65.9. The first-order valence-electron chi connectivity index (χ1n) is 7.37. The number of pyridine rings is 1. The number of ether oxygens (including phenoxy) is 1. The Labute approximate surface area is 156 Å². The van der Waals surface area contributed by atoms with Crippen LogP contribution in [0.15, 0.2) is 30.7 Å². The summed E-state index contributed by atoms with van der Waals surface area (Å²) in [5.41, 5.74) is -2.54. The molecule has 10 nitrogen and oxygen atoms in total. The highest BCUT2D eigenvalue weighted by Crippen LogP contribution is 2.20. The number of methoxy groups -OCH3 is 1. The van der Waals surface area contributed by atoms with Crippen molar-refractivity contribution < 1.29 is 30.9 Å². The molecule has 3 aromatic rings. The maximum absolute atomic E-state index is 10.7. The van der Waals surface area contributed by atoms with Gasteiger partial charge in [0.2, 0.25) is 0 Å². The lowest BCUT2D eigenvalue weighted by atomic mass is 10.2. The predicted molar refractivity (Wildman–Crippen MR) is 88.4 cm³/mol. The zero-order chi connectivity index (χ0) is 20.9. The summed E-state index contributed by atoms with van der Waals surface area (Å²) in [6.07, 6.45) is 5.24. The second-order valence-electron chi connectivity index (χ2n) is 5.20. The van der Waals surface area contributed by atoms with Crippen molar-refractivity contribution in [3.63, 3.8) is 0 Å². The minimum atomic E-state index is -5.84. The average Bonchev–Trinajstić information content (AvgIpc) is 3.24. The Morgan fingerprint density at radius 2 is 2.00 bits per heavy atom. The standard InChI is InChI=1S/C13H12N6O.CHF3O3S/c1-20-5-4-18-9-12(16-17-18)10-2-3-13-11(6-14)7-15-19(13)8-10;2-1(3,4)8(5,6)7/h2-3,7-9H,4-5H2,1H3;(H,5,6,7). The smallest absolute Gasteiger partial charge is 0.383 e. The van der Waals surface area contributed by atoms with E-state index in [2.05, 4.69) is 21.5 Å². The van der Waals surface area contributed by atoms with Crippen LogP contribution < -0.4 is 0 Å². The number of fused-ring (bicyclic) bond motifs is 1. The summed E-state index contributed by atoms with van der Waals surface area (Å²) in [6, 6.07) is 5.87. The van der Waals surface area contributed by atoms with Gasteiger partial charge in [0.25, 0.3) is 0 Å². The van der Waals surface area contributed by atoms with Crippen molar-refractivity contribution in [2.75, 3.05) is 13.7 Å². The van der Waals surface area contributed by atoms with Crippen LogP contribution in [0.4, 0.5) is 13.2 Å². The van der Waals surface area contributed by atoms with Crippen LogP contribution in [-0.4, -0.2) is 56.8 Å². The lowest BCUT2D eigenvalue weighted by Crippen LogP contribution is -2.21. The zero-order valence-electron chi connectivity index (χ0n) is 14.2. The Bertz CT molecular complexity index is 1100. The number of nitrogens with zero attached hydrogens (tertiary/aromatic N) is 6. The third-order valence-electron chi connectivity index (χ3n) is 3.29. The van der Waals surface area contributed by atoms with Crippen LogP contribution in [0.25, 0.3) is 16.8 Å². The number of hydrogen-bond acceptors (Lipinski definition) is 7. The molecular formula is C14H13F3N6O4S. The predicted octanol–water partition coefficient (Wildman–Crippen LogP) is 1.50. The monoisotopic (exact) mass is 418 g/mol. The van der Waals surface area contributed by atoms with Gasteiger partial charge in [-0.3, -0.25) is 4.55 Å². The molecule has 0 saturated heterocycles. The summed E-state index contributed by atoms with van der Waals surface area (Å²) in [4.78, 5) is 0. The topological polar surface area (TPSA) is 135 Å². The summed E-state index contributed by atoms with van der Waals surface area (Å²) in [5.74, 6) is 0. The van der Waals surface area contributed by atoms with Gasteiger partial charge in [0.15, 0.2) is 0 Å². The average molecular weight is 418 g/mol. The summed E-state index contributed by atoms with van der Waals surface area (Å²) in [6.45, 7) is 1.25. The number of rotatable bonds is 4. The van der Waals surface area contributed by atoms with E-state index in [1.807, 2.05) is 24.5 Å². The molecule has 0 saturated carbocycles. The van der Waals surface area contributed by atoms with E-state index in [0.717, 1.165) is 16.8 Å². The summed E-state index contributed by atoms with van der Waals surface area (Å²) >= 11 is 0. The van der Waals surface area contributed by atoms with Gasteiger partial charge in [-0.2, -0.15) is 31.9 Å². The highest BCUT2D eigenvalue weighted by Gasteiger charge is 2.44. The highest BCUT2D eigenvalue weighted by molar-refractivity contribution is 7.86. The van der Waals surface area contributed by atoms with E-state index in [9.17, 15) is 13.2 Å². The molecule has 0 fully saturated rings. The summed E-state index contributed by atoms with van der Waals surface area (Å²) in [5, 5.41) is 21.3. The van der Waals surface area contributed by atoms with Crippen LogP contribution in [0.1, 0.15) is 5.56 Å². The molecule has 0 aliphatic carbocycles. The Hall–Kier alpha value is -3.02. The molecular weight excluding hydrogens is 405 g/mol. The fourth-order valence-electron chi connectivity index (χ4n) is 1.95. The molecule has 0 atom stereocenters. The lowest BCUT2D eigenvalue weighted by molar-refractivity contribution is -0.0510. The number of alkyl halides is 3. The molecule has 0 aliphatic rings. The van der Waals surface area contributed by atoms with E-state index in [1.54, 1.807) is 22.5 Å². The zero-order valence-corrected chi connectivity index (χ0v) is 15.0. The van der Waals surface area contributed by atoms with Crippen molar-refractivity contribution in [2.24, 2.45) is 0 Å². The van der Waals surface area contributed by atoms with Gasteiger partial charge >= 0.3 is 15.6 Å². The quantitative estimate of drug-likeness (QED) is 0.497. The molecule has 28 heavy (non-hydrogen) atoms. The number of aromatic nitrogens is 5. The first-order valence-corrected chi connectivity index (χ1v) is 8.81.